The molecule has 21 heavy (non-hydrogen) atoms. The Balaban J connectivity index is 2.05. The summed E-state index contributed by atoms with van der Waals surface area (Å²) in [5.41, 5.74) is 0.625. The van der Waals surface area contributed by atoms with E-state index in [9.17, 15) is 9.50 Å². The van der Waals surface area contributed by atoms with Crippen molar-refractivity contribution in [3.05, 3.63) is 50.4 Å². The highest BCUT2D eigenvalue weighted by Gasteiger charge is 2.28. The Kier molecular flexibility index (Phi) is 4.59. The molecule has 6 heteroatoms. The van der Waals surface area contributed by atoms with Crippen LogP contribution in [0.3, 0.4) is 0 Å². The van der Waals surface area contributed by atoms with Crippen molar-refractivity contribution in [3.8, 4) is 5.75 Å². The summed E-state index contributed by atoms with van der Waals surface area (Å²) in [6.45, 7) is 3.56. The van der Waals surface area contributed by atoms with E-state index in [1.807, 2.05) is 17.5 Å². The first-order valence-corrected chi connectivity index (χ1v) is 8.51. The molecule has 0 saturated carbocycles. The first kappa shape index (κ1) is 15.0. The zero-order valence-corrected chi connectivity index (χ0v) is 13.8. The van der Waals surface area contributed by atoms with Crippen molar-refractivity contribution in [1.29, 1.82) is 0 Å². The summed E-state index contributed by atoms with van der Waals surface area (Å²) in [4.78, 5) is 3.40. The Bertz CT molecular complexity index is 614. The summed E-state index contributed by atoms with van der Waals surface area (Å²) >= 11 is 4.75. The molecule has 1 fully saturated rings. The maximum absolute atomic E-state index is 14.0. The van der Waals surface area contributed by atoms with Crippen LogP contribution in [0.4, 0.5) is 4.39 Å². The number of piperazine rings is 1. The minimum Gasteiger partial charge on any atom is -0.505 e. The largest absolute Gasteiger partial charge is 0.505 e. The highest BCUT2D eigenvalue weighted by atomic mass is 79.9. The molecule has 0 bridgehead atoms. The molecular weight excluding hydrogens is 355 g/mol. The third kappa shape index (κ3) is 2.99. The minimum atomic E-state index is -0.593. The fourth-order valence-electron chi connectivity index (χ4n) is 2.69. The molecule has 0 unspecified atom stereocenters. The number of aromatic hydroxyl groups is 1. The highest BCUT2D eigenvalue weighted by molar-refractivity contribution is 9.10. The van der Waals surface area contributed by atoms with Gasteiger partial charge in [0, 0.05) is 36.6 Å². The third-order valence-electron chi connectivity index (χ3n) is 3.72. The van der Waals surface area contributed by atoms with Crippen molar-refractivity contribution >= 4 is 27.3 Å². The monoisotopic (exact) mass is 370 g/mol. The summed E-state index contributed by atoms with van der Waals surface area (Å²) in [6, 6.07) is 7.38. The maximum atomic E-state index is 14.0. The lowest BCUT2D eigenvalue weighted by molar-refractivity contribution is 0.197. The summed E-state index contributed by atoms with van der Waals surface area (Å²) in [6.07, 6.45) is 0. The standard InChI is InChI=1S/C15H16BrFN2OS/c16-11-4-3-10(15(20)13(11)17)14(12-2-1-9-21-12)19-7-5-18-6-8-19/h1-4,9,14,18,20H,5-8H2/t14-/m0/s1. The molecule has 0 aliphatic carbocycles. The van der Waals surface area contributed by atoms with Crippen LogP contribution >= 0.6 is 27.3 Å². The number of halogens is 2. The lowest BCUT2D eigenvalue weighted by Crippen LogP contribution is -2.45. The number of nitrogens with zero attached hydrogens (tertiary/aromatic N) is 1. The smallest absolute Gasteiger partial charge is 0.179 e. The van der Waals surface area contributed by atoms with Crippen LogP contribution in [-0.4, -0.2) is 36.2 Å². The number of nitrogens with one attached hydrogen (secondary N) is 1. The van der Waals surface area contributed by atoms with Crippen molar-refractivity contribution in [2.75, 3.05) is 26.2 Å². The summed E-state index contributed by atoms with van der Waals surface area (Å²) in [5.74, 6) is -0.856. The lowest BCUT2D eigenvalue weighted by Gasteiger charge is -2.35. The van der Waals surface area contributed by atoms with Gasteiger partial charge in [-0.2, -0.15) is 0 Å². The topological polar surface area (TPSA) is 35.5 Å². The SMILES string of the molecule is Oc1c([C@@H](c2cccs2)N2CCNCC2)ccc(Br)c1F. The van der Waals surface area contributed by atoms with Gasteiger partial charge in [-0.25, -0.2) is 4.39 Å². The van der Waals surface area contributed by atoms with Gasteiger partial charge in [-0.05, 0) is 33.4 Å². The van der Waals surface area contributed by atoms with Gasteiger partial charge < -0.3 is 10.4 Å². The molecule has 1 atom stereocenters. The molecule has 2 heterocycles. The number of hydrogen-bond acceptors (Lipinski definition) is 4. The van der Waals surface area contributed by atoms with E-state index in [2.05, 4.69) is 26.1 Å². The molecule has 1 aliphatic rings. The van der Waals surface area contributed by atoms with Crippen molar-refractivity contribution in [2.45, 2.75) is 6.04 Å². The number of phenolic OH excluding ortho intramolecular Hbond substituents is 1. The molecule has 0 radical (unpaired) electrons. The van der Waals surface area contributed by atoms with E-state index in [0.717, 1.165) is 31.1 Å². The van der Waals surface area contributed by atoms with E-state index in [1.165, 1.54) is 0 Å². The predicted molar refractivity (Wildman–Crippen MR) is 86.4 cm³/mol. The number of rotatable bonds is 3. The molecular formula is C15H16BrFN2OS. The Morgan fingerprint density at radius 1 is 1.29 bits per heavy atom. The van der Waals surface area contributed by atoms with Crippen molar-refractivity contribution < 1.29 is 9.50 Å². The first-order valence-electron chi connectivity index (χ1n) is 6.83. The Labute approximate surface area is 135 Å². The molecule has 0 spiro atoms. The number of benzene rings is 1. The average Bonchev–Trinajstić information content (AvgIpc) is 3.03. The minimum absolute atomic E-state index is 0.102. The van der Waals surface area contributed by atoms with Gasteiger partial charge in [0.15, 0.2) is 11.6 Å². The summed E-state index contributed by atoms with van der Waals surface area (Å²) in [5, 5.41) is 15.6. The van der Waals surface area contributed by atoms with Crippen molar-refractivity contribution in [1.82, 2.24) is 10.2 Å². The van der Waals surface area contributed by atoms with Crippen LogP contribution in [0.5, 0.6) is 5.75 Å². The van der Waals surface area contributed by atoms with Gasteiger partial charge in [0.05, 0.1) is 10.5 Å². The van der Waals surface area contributed by atoms with E-state index < -0.39 is 5.82 Å². The molecule has 1 aliphatic heterocycles. The Hall–Kier alpha value is -0.950. The van der Waals surface area contributed by atoms with Gasteiger partial charge in [0.1, 0.15) is 0 Å². The fraction of sp³-hybridized carbons (Fsp3) is 0.333. The van der Waals surface area contributed by atoms with Gasteiger partial charge >= 0.3 is 0 Å². The quantitative estimate of drug-likeness (QED) is 0.869. The predicted octanol–water partition coefficient (Wildman–Crippen LogP) is 3.35. The number of phenols is 1. The van der Waals surface area contributed by atoms with Gasteiger partial charge in [0.25, 0.3) is 0 Å². The highest BCUT2D eigenvalue weighted by Crippen LogP contribution is 2.39. The zero-order valence-electron chi connectivity index (χ0n) is 11.4. The van der Waals surface area contributed by atoms with Crippen LogP contribution in [0.2, 0.25) is 0 Å². The lowest BCUT2D eigenvalue weighted by atomic mass is 10.0. The maximum Gasteiger partial charge on any atom is 0.179 e. The Morgan fingerprint density at radius 2 is 2.05 bits per heavy atom. The Morgan fingerprint density at radius 3 is 2.71 bits per heavy atom. The van der Waals surface area contributed by atoms with Crippen molar-refractivity contribution in [2.24, 2.45) is 0 Å². The summed E-state index contributed by atoms with van der Waals surface area (Å²) < 4.78 is 14.3. The van der Waals surface area contributed by atoms with Gasteiger partial charge in [-0.15, -0.1) is 11.3 Å². The fourth-order valence-corrected chi connectivity index (χ4v) is 3.89. The number of hydrogen-bond donors (Lipinski definition) is 2. The molecule has 0 amide bonds. The second kappa shape index (κ2) is 6.44. The molecule has 2 N–H and O–H groups in total. The van der Waals surface area contributed by atoms with Gasteiger partial charge in [-0.1, -0.05) is 12.1 Å². The molecule has 1 aromatic carbocycles. The van der Waals surface area contributed by atoms with Crippen molar-refractivity contribution in [3.63, 3.8) is 0 Å². The van der Waals surface area contributed by atoms with E-state index >= 15 is 0 Å². The summed E-state index contributed by atoms with van der Waals surface area (Å²) in [7, 11) is 0. The molecule has 1 saturated heterocycles. The second-order valence-corrected chi connectivity index (χ2v) is 6.84. The van der Waals surface area contributed by atoms with E-state index in [-0.39, 0.29) is 16.3 Å². The first-order chi connectivity index (χ1) is 10.2. The van der Waals surface area contributed by atoms with Crippen LogP contribution in [0, 0.1) is 5.82 Å². The van der Waals surface area contributed by atoms with E-state index in [4.69, 9.17) is 0 Å². The second-order valence-electron chi connectivity index (χ2n) is 5.00. The normalized spacial score (nSPS) is 17.8. The molecule has 3 rings (SSSR count). The van der Waals surface area contributed by atoms with Crippen LogP contribution in [0.1, 0.15) is 16.5 Å². The number of thiophene rings is 1. The van der Waals surface area contributed by atoms with Crippen LogP contribution in [0.15, 0.2) is 34.1 Å². The van der Waals surface area contributed by atoms with Gasteiger partial charge in [0.2, 0.25) is 0 Å². The van der Waals surface area contributed by atoms with Crippen LogP contribution in [0.25, 0.3) is 0 Å². The molecule has 3 nitrogen and oxygen atoms in total. The van der Waals surface area contributed by atoms with Gasteiger partial charge in [-0.3, -0.25) is 4.90 Å². The van der Waals surface area contributed by atoms with Crippen LogP contribution in [-0.2, 0) is 0 Å². The zero-order chi connectivity index (χ0) is 14.8. The van der Waals surface area contributed by atoms with E-state index in [1.54, 1.807) is 23.5 Å². The van der Waals surface area contributed by atoms with Crippen LogP contribution < -0.4 is 5.32 Å². The third-order valence-corrected chi connectivity index (χ3v) is 5.26. The molecule has 112 valence electrons. The molecule has 1 aromatic heterocycles. The average molecular weight is 371 g/mol. The van der Waals surface area contributed by atoms with E-state index in [0.29, 0.717) is 5.56 Å². The molecule has 2 aromatic rings.